The summed E-state index contributed by atoms with van der Waals surface area (Å²) in [7, 11) is 1.61. The van der Waals surface area contributed by atoms with Gasteiger partial charge in [0.1, 0.15) is 23.7 Å². The number of nitrogens with zero attached hydrogens (tertiary/aromatic N) is 1. The zero-order chi connectivity index (χ0) is 20.5. The van der Waals surface area contributed by atoms with Crippen molar-refractivity contribution in [2.24, 2.45) is 5.92 Å². The third kappa shape index (κ3) is 3.94. The molecule has 2 aromatic carbocycles. The van der Waals surface area contributed by atoms with Gasteiger partial charge in [0.15, 0.2) is 5.78 Å². The molecule has 0 spiro atoms. The zero-order valence-corrected chi connectivity index (χ0v) is 16.9. The van der Waals surface area contributed by atoms with Gasteiger partial charge in [-0.05, 0) is 42.0 Å². The number of halogens is 1. The van der Waals surface area contributed by atoms with Crippen molar-refractivity contribution in [3.8, 4) is 5.75 Å². The van der Waals surface area contributed by atoms with Crippen molar-refractivity contribution >= 4 is 5.78 Å². The Morgan fingerprint density at radius 1 is 1.14 bits per heavy atom. The van der Waals surface area contributed by atoms with E-state index in [4.69, 9.17) is 4.74 Å². The second-order valence-electron chi connectivity index (χ2n) is 8.63. The number of carbonyl (C=O) groups excluding carboxylic acids is 1. The Kier molecular flexibility index (Phi) is 5.45. The van der Waals surface area contributed by atoms with Crippen molar-refractivity contribution in [3.63, 3.8) is 0 Å². The normalized spacial score (nSPS) is 28.3. The molecule has 3 heterocycles. The molecule has 1 atom stereocenters. The molecule has 29 heavy (non-hydrogen) atoms. The van der Waals surface area contributed by atoms with E-state index in [0.717, 1.165) is 54.7 Å². The molecule has 0 aromatic heterocycles. The monoisotopic (exact) mass is 398 g/mol. The molecule has 3 aliphatic rings. The molecule has 4 nitrogen and oxygen atoms in total. The van der Waals surface area contributed by atoms with Crippen LogP contribution in [-0.2, 0) is 5.60 Å². The molecule has 0 unspecified atom stereocenters. The van der Waals surface area contributed by atoms with Crippen LogP contribution < -0.4 is 4.74 Å². The maximum atomic E-state index is 13.3. The highest BCUT2D eigenvalue weighted by molar-refractivity contribution is 5.96. The third-order valence-electron chi connectivity index (χ3n) is 6.95. The molecule has 0 aliphatic carbocycles. The molecular weight excluding hydrogens is 369 g/mol. The summed E-state index contributed by atoms with van der Waals surface area (Å²) in [6, 6.07) is 13.6. The van der Waals surface area contributed by atoms with Gasteiger partial charge in [-0.2, -0.15) is 0 Å². The number of ether oxygens (including phenoxy) is 1. The molecule has 0 saturated carbocycles. The minimum Gasteiger partial charge on any atom is -0.497 e. The van der Waals surface area contributed by atoms with E-state index in [1.54, 1.807) is 19.2 Å². The number of rotatable bonds is 7. The summed E-state index contributed by atoms with van der Waals surface area (Å²) < 4.78 is 19.3. The third-order valence-corrected chi connectivity index (χ3v) is 6.95. The summed E-state index contributed by atoms with van der Waals surface area (Å²) in [6.07, 6.45) is 3.25. The molecular formula is C24H29FNO3+. The van der Waals surface area contributed by atoms with Crippen molar-refractivity contribution in [2.45, 2.75) is 31.3 Å². The molecule has 0 amide bonds. The van der Waals surface area contributed by atoms with Crippen LogP contribution >= 0.6 is 0 Å². The predicted octanol–water partition coefficient (Wildman–Crippen LogP) is 3.93. The van der Waals surface area contributed by atoms with Crippen molar-refractivity contribution < 1.29 is 23.5 Å². The van der Waals surface area contributed by atoms with E-state index >= 15 is 0 Å². The molecule has 1 N–H and O–H groups in total. The van der Waals surface area contributed by atoms with Crippen LogP contribution in [0.4, 0.5) is 4.39 Å². The second-order valence-corrected chi connectivity index (χ2v) is 8.63. The van der Waals surface area contributed by atoms with E-state index in [2.05, 4.69) is 0 Å². The van der Waals surface area contributed by atoms with Crippen molar-refractivity contribution in [1.82, 2.24) is 0 Å². The second kappa shape index (κ2) is 7.88. The lowest BCUT2D eigenvalue weighted by atomic mass is 9.70. The first-order valence-corrected chi connectivity index (χ1v) is 10.4. The summed E-state index contributed by atoms with van der Waals surface area (Å²) in [5.41, 5.74) is 0.635. The molecule has 2 bridgehead atoms. The minimum absolute atomic E-state index is 0.145. The van der Waals surface area contributed by atoms with Gasteiger partial charge in [0.05, 0.1) is 26.7 Å². The topological polar surface area (TPSA) is 46.5 Å². The van der Waals surface area contributed by atoms with E-state index in [0.29, 0.717) is 18.5 Å². The summed E-state index contributed by atoms with van der Waals surface area (Å²) in [5, 5.41) is 11.5. The Bertz CT molecular complexity index is 857. The van der Waals surface area contributed by atoms with Crippen molar-refractivity contribution in [2.75, 3.05) is 33.3 Å². The summed E-state index contributed by atoms with van der Waals surface area (Å²) >= 11 is 0. The number of benzene rings is 2. The Morgan fingerprint density at radius 3 is 2.41 bits per heavy atom. The number of methoxy groups -OCH3 is 1. The average molecular weight is 398 g/mol. The van der Waals surface area contributed by atoms with Gasteiger partial charge >= 0.3 is 0 Å². The van der Waals surface area contributed by atoms with Gasteiger partial charge < -0.3 is 14.3 Å². The number of fused-ring (bicyclic) bond motifs is 3. The smallest absolute Gasteiger partial charge is 0.163 e. The molecule has 3 aliphatic heterocycles. The van der Waals surface area contributed by atoms with Gasteiger partial charge in [0.25, 0.3) is 0 Å². The number of aliphatic hydroxyl groups is 1. The number of hydrogen-bond acceptors (Lipinski definition) is 3. The number of hydrogen-bond donors (Lipinski definition) is 1. The highest BCUT2D eigenvalue weighted by atomic mass is 19.1. The maximum Gasteiger partial charge on any atom is 0.163 e. The van der Waals surface area contributed by atoms with Crippen LogP contribution in [0.25, 0.3) is 0 Å². The predicted molar refractivity (Wildman–Crippen MR) is 109 cm³/mol. The highest BCUT2D eigenvalue weighted by Gasteiger charge is 2.54. The van der Waals surface area contributed by atoms with Gasteiger partial charge in [-0.3, -0.25) is 4.79 Å². The van der Waals surface area contributed by atoms with Gasteiger partial charge in [0.2, 0.25) is 0 Å². The van der Waals surface area contributed by atoms with Gasteiger partial charge in [-0.25, -0.2) is 4.39 Å². The van der Waals surface area contributed by atoms with Crippen LogP contribution in [0.15, 0.2) is 48.5 Å². The number of Topliss-reactive ketones (excluding diaryl/α,β-unsaturated/α-hetero) is 1. The van der Waals surface area contributed by atoms with Crippen LogP contribution in [0, 0.1) is 11.7 Å². The lowest BCUT2D eigenvalue weighted by molar-refractivity contribution is -0.952. The minimum atomic E-state index is -0.899. The highest BCUT2D eigenvalue weighted by Crippen LogP contribution is 2.46. The molecule has 3 saturated heterocycles. The molecule has 0 radical (unpaired) electrons. The van der Waals surface area contributed by atoms with Gasteiger partial charge in [-0.1, -0.05) is 12.1 Å². The van der Waals surface area contributed by atoms with Crippen LogP contribution in [0.5, 0.6) is 5.75 Å². The molecule has 5 rings (SSSR count). The maximum absolute atomic E-state index is 13.3. The van der Waals surface area contributed by atoms with Crippen LogP contribution in [-0.4, -0.2) is 48.7 Å². The molecule has 5 heteroatoms. The number of ketones is 1. The molecule has 3 fully saturated rings. The lowest BCUT2D eigenvalue weighted by Gasteiger charge is -2.56. The average Bonchev–Trinajstić information content (AvgIpc) is 2.74. The Balaban J connectivity index is 1.40. The quantitative estimate of drug-likeness (QED) is 0.568. The number of carbonyl (C=O) groups is 1. The fourth-order valence-corrected chi connectivity index (χ4v) is 5.26. The van der Waals surface area contributed by atoms with E-state index in [1.807, 2.05) is 24.3 Å². The largest absolute Gasteiger partial charge is 0.497 e. The van der Waals surface area contributed by atoms with Crippen LogP contribution in [0.3, 0.4) is 0 Å². The summed E-state index contributed by atoms with van der Waals surface area (Å²) in [5.74, 6) is 0.844. The van der Waals surface area contributed by atoms with E-state index < -0.39 is 5.60 Å². The fraction of sp³-hybridized carbons (Fsp3) is 0.458. The van der Waals surface area contributed by atoms with Crippen molar-refractivity contribution in [1.29, 1.82) is 0 Å². The summed E-state index contributed by atoms with van der Waals surface area (Å²) in [6.45, 7) is 3.63. The summed E-state index contributed by atoms with van der Waals surface area (Å²) in [4.78, 5) is 12.5. The lowest BCUT2D eigenvalue weighted by Crippen LogP contribution is -2.67. The molecule has 154 valence electrons. The van der Waals surface area contributed by atoms with Gasteiger partial charge in [-0.15, -0.1) is 0 Å². The van der Waals surface area contributed by atoms with Gasteiger partial charge in [0, 0.05) is 37.2 Å². The first-order valence-electron chi connectivity index (χ1n) is 10.4. The van der Waals surface area contributed by atoms with Crippen LogP contribution in [0.1, 0.15) is 41.6 Å². The first-order chi connectivity index (χ1) is 13.9. The Hall–Kier alpha value is -2.24. The fourth-order valence-electron chi connectivity index (χ4n) is 5.26. The SMILES string of the molecule is COc1ccc(C(=O)CCC[N+]23CCC(CC2)[C@@](O)(c2ccc(F)cc2)C3)cc1. The Labute approximate surface area is 171 Å². The Morgan fingerprint density at radius 2 is 1.79 bits per heavy atom. The number of piperidine rings is 3. The van der Waals surface area contributed by atoms with E-state index in [9.17, 15) is 14.3 Å². The van der Waals surface area contributed by atoms with E-state index in [-0.39, 0.29) is 17.5 Å². The number of quaternary nitrogens is 1. The molecule has 2 aromatic rings. The van der Waals surface area contributed by atoms with Crippen LogP contribution in [0.2, 0.25) is 0 Å². The zero-order valence-electron chi connectivity index (χ0n) is 16.9. The standard InChI is InChI=1S/C24H29FNO3/c1-29-22-10-4-18(5-11-22)23(27)3-2-14-26-15-12-20(13-16-26)24(28,17-26)19-6-8-21(25)9-7-19/h4-11,20,28H,2-3,12-17H2,1H3/q+1/t20?,24-,26?/m0/s1. The van der Waals surface area contributed by atoms with E-state index in [1.165, 1.54) is 12.1 Å². The first kappa shape index (κ1) is 20.0. The van der Waals surface area contributed by atoms with Crippen molar-refractivity contribution in [3.05, 3.63) is 65.5 Å².